The maximum absolute atomic E-state index is 13.5. The molecule has 0 radical (unpaired) electrons. The fourth-order valence-electron chi connectivity index (χ4n) is 4.01. The van der Waals surface area contributed by atoms with Gasteiger partial charge >= 0.3 is 12.5 Å². The number of carboxylic acid groups (broad SMARTS) is 1. The Kier molecular flexibility index (Phi) is 9.15. The van der Waals surface area contributed by atoms with Crippen LogP contribution in [0.5, 0.6) is 5.75 Å². The van der Waals surface area contributed by atoms with E-state index in [2.05, 4.69) is 4.74 Å². The summed E-state index contributed by atoms with van der Waals surface area (Å²) >= 11 is 12.4. The fourth-order valence-corrected chi connectivity index (χ4v) is 5.53. The van der Waals surface area contributed by atoms with Gasteiger partial charge in [-0.25, -0.2) is 13.2 Å². The van der Waals surface area contributed by atoms with Crippen LogP contribution in [0.1, 0.15) is 22.8 Å². The lowest BCUT2D eigenvalue weighted by molar-refractivity contribution is -0.275. The van der Waals surface area contributed by atoms with E-state index < -0.39 is 39.5 Å². The predicted molar refractivity (Wildman–Crippen MR) is 139 cm³/mol. The molecule has 0 atom stereocenters. The Labute approximate surface area is 232 Å². The van der Waals surface area contributed by atoms with Gasteiger partial charge in [0, 0.05) is 50.4 Å². The van der Waals surface area contributed by atoms with Crippen LogP contribution in [0.4, 0.5) is 29.3 Å². The van der Waals surface area contributed by atoms with Gasteiger partial charge in [-0.05, 0) is 24.3 Å². The van der Waals surface area contributed by atoms with Gasteiger partial charge in [0.25, 0.3) is 5.91 Å². The molecular weight excluding hydrogens is 588 g/mol. The molecule has 2 aromatic carbocycles. The highest BCUT2D eigenvalue weighted by molar-refractivity contribution is 7.91. The molecule has 2 aromatic rings. The van der Waals surface area contributed by atoms with E-state index in [1.54, 1.807) is 4.90 Å². The summed E-state index contributed by atoms with van der Waals surface area (Å²) in [7, 11) is -2.60. The molecule has 1 aliphatic heterocycles. The summed E-state index contributed by atoms with van der Waals surface area (Å²) in [6, 6.07) is 4.59. The Morgan fingerprint density at radius 3 is 2.31 bits per heavy atom. The monoisotopic (exact) mass is 612 g/mol. The highest BCUT2D eigenvalue weighted by atomic mass is 35.5. The van der Waals surface area contributed by atoms with Crippen molar-refractivity contribution in [3.05, 3.63) is 45.4 Å². The summed E-state index contributed by atoms with van der Waals surface area (Å²) in [5.41, 5.74) is 5.06. The molecular formula is C23H25Cl2F3N4O6S. The normalized spacial score (nSPS) is 14.8. The Morgan fingerprint density at radius 2 is 1.77 bits per heavy atom. The molecule has 2 amide bonds. The Balaban J connectivity index is 2.04. The van der Waals surface area contributed by atoms with Crippen molar-refractivity contribution in [2.75, 3.05) is 49.6 Å². The van der Waals surface area contributed by atoms with Crippen molar-refractivity contribution in [1.82, 2.24) is 9.80 Å². The summed E-state index contributed by atoms with van der Waals surface area (Å²) in [5, 5.41) is 8.87. The van der Waals surface area contributed by atoms with Crippen molar-refractivity contribution in [1.29, 1.82) is 0 Å². The number of alkyl halides is 3. The van der Waals surface area contributed by atoms with E-state index in [1.807, 2.05) is 0 Å². The molecule has 3 N–H and O–H groups in total. The van der Waals surface area contributed by atoms with E-state index in [9.17, 15) is 31.2 Å². The van der Waals surface area contributed by atoms with Gasteiger partial charge in [-0.2, -0.15) is 0 Å². The molecule has 1 heterocycles. The third-order valence-electron chi connectivity index (χ3n) is 6.15. The number of piperazine rings is 1. The van der Waals surface area contributed by atoms with E-state index >= 15 is 0 Å². The van der Waals surface area contributed by atoms with Gasteiger partial charge in [-0.15, -0.1) is 13.2 Å². The Morgan fingerprint density at radius 1 is 1.15 bits per heavy atom. The first-order chi connectivity index (χ1) is 18.1. The standard InChI is InChI=1S/C23H25Cl2F3N4O6S/c1-3-39(36,37)18-5-4-13(24)10-16(18)30(2)21(33)14-11-17(38-23(26,27)28)15(19(25)20(14)29)12-31-6-8-32(9-7-31)22(34)35/h4-5,10-11H,3,6-9,12,29H2,1-2H3,(H,34,35). The first kappa shape index (κ1) is 30.6. The number of halogens is 5. The number of nitrogen functional groups attached to an aromatic ring is 1. The Bertz CT molecular complexity index is 1380. The molecule has 39 heavy (non-hydrogen) atoms. The van der Waals surface area contributed by atoms with Gasteiger partial charge in [0.05, 0.1) is 32.6 Å². The average Bonchev–Trinajstić information content (AvgIpc) is 2.86. The molecule has 3 rings (SSSR count). The molecule has 0 saturated carbocycles. The second-order valence-electron chi connectivity index (χ2n) is 8.60. The third-order valence-corrected chi connectivity index (χ3v) is 8.59. The molecule has 0 unspecified atom stereocenters. The molecule has 0 aromatic heterocycles. The summed E-state index contributed by atoms with van der Waals surface area (Å²) < 4.78 is 69.4. The van der Waals surface area contributed by atoms with E-state index in [4.69, 9.17) is 34.0 Å². The van der Waals surface area contributed by atoms with E-state index in [0.717, 1.165) is 11.0 Å². The van der Waals surface area contributed by atoms with Crippen LogP contribution in [-0.4, -0.2) is 80.7 Å². The minimum Gasteiger partial charge on any atom is -0.465 e. The van der Waals surface area contributed by atoms with Gasteiger partial charge in [0.15, 0.2) is 9.84 Å². The van der Waals surface area contributed by atoms with E-state index in [-0.39, 0.29) is 70.4 Å². The fraction of sp³-hybridized carbons (Fsp3) is 0.391. The van der Waals surface area contributed by atoms with Crippen molar-refractivity contribution in [3.8, 4) is 5.75 Å². The predicted octanol–water partition coefficient (Wildman–Crippen LogP) is 4.34. The number of anilines is 2. The summed E-state index contributed by atoms with van der Waals surface area (Å²) in [5.74, 6) is -2.01. The molecule has 0 aliphatic carbocycles. The van der Waals surface area contributed by atoms with Crippen molar-refractivity contribution < 1.29 is 41.0 Å². The lowest BCUT2D eigenvalue weighted by Gasteiger charge is -2.33. The largest absolute Gasteiger partial charge is 0.573 e. The first-order valence-corrected chi connectivity index (χ1v) is 13.8. The number of rotatable bonds is 7. The number of hydrogen-bond acceptors (Lipinski definition) is 7. The quantitative estimate of drug-likeness (QED) is 0.441. The van der Waals surface area contributed by atoms with Crippen molar-refractivity contribution >= 4 is 56.4 Å². The molecule has 1 aliphatic rings. The average molecular weight is 613 g/mol. The zero-order chi connectivity index (χ0) is 29.3. The Hall–Kier alpha value is -2.94. The third kappa shape index (κ3) is 6.99. The number of carbonyl (C=O) groups is 2. The highest BCUT2D eigenvalue weighted by Crippen LogP contribution is 2.40. The smallest absolute Gasteiger partial charge is 0.465 e. The van der Waals surface area contributed by atoms with Crippen LogP contribution in [-0.2, 0) is 16.4 Å². The highest BCUT2D eigenvalue weighted by Gasteiger charge is 2.35. The number of nitrogens with two attached hydrogens (primary N) is 1. The molecule has 16 heteroatoms. The summed E-state index contributed by atoms with van der Waals surface area (Å²) in [4.78, 5) is 28.1. The van der Waals surface area contributed by atoms with Gasteiger partial charge in [0.1, 0.15) is 5.75 Å². The maximum atomic E-state index is 13.5. The zero-order valence-electron chi connectivity index (χ0n) is 20.8. The number of sulfone groups is 1. The second-order valence-corrected chi connectivity index (χ2v) is 11.7. The number of carbonyl (C=O) groups excluding carboxylic acids is 1. The second kappa shape index (κ2) is 11.7. The van der Waals surface area contributed by atoms with Crippen LogP contribution in [0.2, 0.25) is 10.0 Å². The summed E-state index contributed by atoms with van der Waals surface area (Å²) in [6.07, 6.45) is -6.25. The van der Waals surface area contributed by atoms with Crippen LogP contribution >= 0.6 is 23.2 Å². The van der Waals surface area contributed by atoms with Gasteiger partial charge in [0.2, 0.25) is 0 Å². The molecule has 214 valence electrons. The van der Waals surface area contributed by atoms with Crippen LogP contribution in [0.15, 0.2) is 29.2 Å². The van der Waals surface area contributed by atoms with Crippen molar-refractivity contribution in [2.45, 2.75) is 24.7 Å². The topological polar surface area (TPSA) is 133 Å². The molecule has 0 spiro atoms. The van der Waals surface area contributed by atoms with Crippen molar-refractivity contribution in [3.63, 3.8) is 0 Å². The first-order valence-electron chi connectivity index (χ1n) is 11.4. The zero-order valence-corrected chi connectivity index (χ0v) is 23.1. The number of amides is 2. The minimum absolute atomic E-state index is 0.108. The van der Waals surface area contributed by atoms with Crippen LogP contribution in [0, 0.1) is 0 Å². The van der Waals surface area contributed by atoms with Crippen LogP contribution in [0.3, 0.4) is 0 Å². The lowest BCUT2D eigenvalue weighted by Crippen LogP contribution is -2.47. The minimum atomic E-state index is -5.14. The van der Waals surface area contributed by atoms with Gasteiger partial charge in [-0.3, -0.25) is 9.69 Å². The number of benzene rings is 2. The number of nitrogens with zero attached hydrogens (tertiary/aromatic N) is 3. The maximum Gasteiger partial charge on any atom is 0.573 e. The number of hydrogen-bond donors (Lipinski definition) is 2. The van der Waals surface area contributed by atoms with E-state index in [0.29, 0.717) is 0 Å². The van der Waals surface area contributed by atoms with Crippen LogP contribution < -0.4 is 15.4 Å². The van der Waals surface area contributed by atoms with E-state index in [1.165, 1.54) is 37.1 Å². The SMILES string of the molecule is CCS(=O)(=O)c1ccc(Cl)cc1N(C)C(=O)c1cc(OC(F)(F)F)c(CN2CCN(C(=O)O)CC2)c(Cl)c1N. The summed E-state index contributed by atoms with van der Waals surface area (Å²) in [6.45, 7) is 1.92. The van der Waals surface area contributed by atoms with Crippen molar-refractivity contribution in [2.24, 2.45) is 0 Å². The molecule has 10 nitrogen and oxygen atoms in total. The van der Waals surface area contributed by atoms with Gasteiger partial charge in [-0.1, -0.05) is 30.1 Å². The van der Waals surface area contributed by atoms with Crippen LogP contribution in [0.25, 0.3) is 0 Å². The molecule has 1 saturated heterocycles. The van der Waals surface area contributed by atoms with Gasteiger partial charge < -0.3 is 25.4 Å². The number of ether oxygens (including phenoxy) is 1. The lowest BCUT2D eigenvalue weighted by atomic mass is 10.0. The molecule has 1 fully saturated rings. The molecule has 0 bridgehead atoms.